The first-order chi connectivity index (χ1) is 29.0. The number of fused-ring (bicyclic) bond motifs is 1. The summed E-state index contributed by atoms with van der Waals surface area (Å²) < 4.78 is 139. The molecule has 0 atom stereocenters. The van der Waals surface area contributed by atoms with Gasteiger partial charge < -0.3 is 15.4 Å². The molecule has 0 aliphatic heterocycles. The minimum atomic E-state index is -4.92. The zero-order valence-corrected chi connectivity index (χ0v) is 35.2. The maximum atomic E-state index is 12.3. The number of hydrogen-bond acceptors (Lipinski definition) is 17. The van der Waals surface area contributed by atoms with Crippen LogP contribution in [-0.4, -0.2) is 64.0 Å². The first kappa shape index (κ1) is 44.8. The molecular formula is C37H30N8O13S4. The fraction of sp³-hybridized carbons (Fsp3) is 0.0811. The van der Waals surface area contributed by atoms with Crippen molar-refractivity contribution in [1.82, 2.24) is 4.98 Å². The molecule has 62 heavy (non-hydrogen) atoms. The van der Waals surface area contributed by atoms with E-state index in [1.165, 1.54) is 55.6 Å². The fourth-order valence-electron chi connectivity index (χ4n) is 5.86. The maximum absolute atomic E-state index is 12.3. The van der Waals surface area contributed by atoms with Crippen molar-refractivity contribution in [2.45, 2.75) is 33.4 Å². The molecule has 6 rings (SSSR count). The zero-order valence-electron chi connectivity index (χ0n) is 31.9. The van der Waals surface area contributed by atoms with Crippen LogP contribution < -0.4 is 15.4 Å². The number of nitrogens with zero attached hydrogens (tertiary/aromatic N) is 6. The van der Waals surface area contributed by atoms with Gasteiger partial charge in [0.25, 0.3) is 40.5 Å². The van der Waals surface area contributed by atoms with Crippen molar-refractivity contribution in [2.24, 2.45) is 20.5 Å². The molecule has 25 heteroatoms. The van der Waals surface area contributed by atoms with Crippen LogP contribution in [0.25, 0.3) is 10.8 Å². The molecule has 0 unspecified atom stereocenters. The van der Waals surface area contributed by atoms with Crippen LogP contribution in [0.2, 0.25) is 0 Å². The Balaban J connectivity index is 1.41. The number of pyridine rings is 1. The number of rotatable bonds is 13. The summed E-state index contributed by atoms with van der Waals surface area (Å²) in [6, 6.07) is 20.4. The monoisotopic (exact) mass is 922 g/mol. The lowest BCUT2D eigenvalue weighted by molar-refractivity contribution is 0.416. The zero-order chi connectivity index (χ0) is 45.4. The summed E-state index contributed by atoms with van der Waals surface area (Å²) in [4.78, 5) is 2.45. The third kappa shape index (κ3) is 9.88. The van der Waals surface area contributed by atoms with Crippen LogP contribution in [0.4, 0.5) is 45.8 Å². The molecule has 0 spiro atoms. The number of methoxy groups -OCH3 is 1. The molecule has 6 aromatic rings. The molecule has 0 radical (unpaired) electrons. The standard InChI is InChI=1S/C37H30N8O13S4/c1-20-15-31(32(58-3)18-30(20)43-42-24-16-28-27(34(17-24)62(55,56)57)5-4-6-33(28)61(52,53)54)44-45-35-21(2)29(19-38)36(39-22-7-11-25(12-8-22)59(46,47)48)41-37(35)40-23-9-13-26(14-10-23)60(49,50)51/h4-18H,1-3H3,(H2,39,40,41)(H,46,47,48)(H,49,50,51)(H,52,53,54)(H,55,56,57). The van der Waals surface area contributed by atoms with Crippen molar-refractivity contribution in [2.75, 3.05) is 17.7 Å². The summed E-state index contributed by atoms with van der Waals surface area (Å²) in [5, 5.41) is 32.7. The van der Waals surface area contributed by atoms with E-state index in [0.717, 1.165) is 42.5 Å². The highest BCUT2D eigenvalue weighted by Gasteiger charge is 2.23. The lowest BCUT2D eigenvalue weighted by Crippen LogP contribution is -2.05. The highest BCUT2D eigenvalue weighted by molar-refractivity contribution is 7.86. The van der Waals surface area contributed by atoms with E-state index in [2.05, 4.69) is 42.1 Å². The Morgan fingerprint density at radius 2 is 1.16 bits per heavy atom. The molecule has 5 aromatic carbocycles. The van der Waals surface area contributed by atoms with Gasteiger partial charge in [-0.25, -0.2) is 4.98 Å². The largest absolute Gasteiger partial charge is 0.494 e. The van der Waals surface area contributed by atoms with Gasteiger partial charge in [-0.2, -0.15) is 49.2 Å². The third-order valence-electron chi connectivity index (χ3n) is 8.84. The summed E-state index contributed by atoms with van der Waals surface area (Å²) in [6.45, 7) is 3.15. The SMILES string of the molecule is COc1cc(N=Nc2cc(S(=O)(=O)O)c3cccc(S(=O)(=O)O)c3c2)c(C)cc1N=Nc1c(Nc2ccc(S(=O)(=O)O)cc2)nc(Nc2ccc(S(=O)(=O)O)cc2)c(C#N)c1C. The van der Waals surface area contributed by atoms with Gasteiger partial charge in [0.15, 0.2) is 11.6 Å². The number of nitriles is 1. The molecule has 0 aliphatic carbocycles. The van der Waals surface area contributed by atoms with Crippen molar-refractivity contribution < 1.29 is 56.6 Å². The molecule has 0 fully saturated rings. The van der Waals surface area contributed by atoms with Crippen LogP contribution in [0.3, 0.4) is 0 Å². The van der Waals surface area contributed by atoms with Crippen LogP contribution >= 0.6 is 0 Å². The second-order valence-electron chi connectivity index (χ2n) is 13.0. The number of benzene rings is 5. The Morgan fingerprint density at radius 3 is 1.68 bits per heavy atom. The van der Waals surface area contributed by atoms with Crippen LogP contribution in [0.1, 0.15) is 16.7 Å². The minimum Gasteiger partial charge on any atom is -0.494 e. The number of ether oxygens (including phenoxy) is 1. The average Bonchev–Trinajstić information content (AvgIpc) is 3.19. The minimum absolute atomic E-state index is 0.0141. The van der Waals surface area contributed by atoms with Gasteiger partial charge in [0.1, 0.15) is 33.0 Å². The van der Waals surface area contributed by atoms with E-state index in [4.69, 9.17) is 4.74 Å². The Morgan fingerprint density at radius 1 is 0.613 bits per heavy atom. The number of azo groups is 2. The van der Waals surface area contributed by atoms with E-state index >= 15 is 0 Å². The van der Waals surface area contributed by atoms with Crippen LogP contribution in [-0.2, 0) is 40.5 Å². The Labute approximate surface area is 353 Å². The van der Waals surface area contributed by atoms with Gasteiger partial charge in [0.05, 0.1) is 33.8 Å². The van der Waals surface area contributed by atoms with E-state index in [1.807, 2.05) is 0 Å². The molecule has 0 bridgehead atoms. The van der Waals surface area contributed by atoms with Crippen molar-refractivity contribution in [3.05, 3.63) is 108 Å². The van der Waals surface area contributed by atoms with Crippen molar-refractivity contribution in [1.29, 1.82) is 5.26 Å². The summed E-state index contributed by atoms with van der Waals surface area (Å²) in [5.74, 6) is 0.0556. The van der Waals surface area contributed by atoms with E-state index in [0.29, 0.717) is 5.56 Å². The predicted molar refractivity (Wildman–Crippen MR) is 222 cm³/mol. The molecule has 1 heterocycles. The van der Waals surface area contributed by atoms with Gasteiger partial charge in [-0.3, -0.25) is 18.2 Å². The third-order valence-corrected chi connectivity index (χ3v) is 12.4. The quantitative estimate of drug-likeness (QED) is 0.0471. The van der Waals surface area contributed by atoms with E-state index in [9.17, 15) is 57.1 Å². The van der Waals surface area contributed by atoms with Gasteiger partial charge in [0, 0.05) is 33.8 Å². The number of anilines is 4. The van der Waals surface area contributed by atoms with E-state index in [-0.39, 0.29) is 83.2 Å². The Bertz CT molecular complexity index is 3360. The topological polar surface area (TPSA) is 337 Å². The maximum Gasteiger partial charge on any atom is 0.295 e. The molecule has 0 saturated heterocycles. The number of aromatic nitrogens is 1. The lowest BCUT2D eigenvalue weighted by Gasteiger charge is -2.16. The predicted octanol–water partition coefficient (Wildman–Crippen LogP) is 8.04. The highest BCUT2D eigenvalue weighted by Crippen LogP contribution is 2.41. The van der Waals surface area contributed by atoms with Crippen molar-refractivity contribution >= 4 is 97.0 Å². The van der Waals surface area contributed by atoms with Gasteiger partial charge in [-0.1, -0.05) is 12.1 Å². The summed E-state index contributed by atoms with van der Waals surface area (Å²) in [5.41, 5.74) is 1.28. The number of hydrogen-bond donors (Lipinski definition) is 6. The van der Waals surface area contributed by atoms with Crippen LogP contribution in [0.15, 0.2) is 131 Å². The smallest absolute Gasteiger partial charge is 0.295 e. The number of nitrogens with one attached hydrogen (secondary N) is 2. The Hall–Kier alpha value is -6.76. The van der Waals surface area contributed by atoms with Gasteiger partial charge in [0.2, 0.25) is 0 Å². The molecule has 0 saturated carbocycles. The fourth-order valence-corrected chi connectivity index (χ4v) is 8.24. The summed E-state index contributed by atoms with van der Waals surface area (Å²) in [6.07, 6.45) is 0. The van der Waals surface area contributed by atoms with Crippen LogP contribution in [0, 0.1) is 25.2 Å². The molecule has 0 aliphatic rings. The second kappa shape index (κ2) is 16.9. The van der Waals surface area contributed by atoms with E-state index in [1.54, 1.807) is 13.8 Å². The first-order valence-corrected chi connectivity index (χ1v) is 22.9. The van der Waals surface area contributed by atoms with Gasteiger partial charge >= 0.3 is 0 Å². The highest BCUT2D eigenvalue weighted by atomic mass is 32.2. The lowest BCUT2D eigenvalue weighted by atomic mass is 10.1. The van der Waals surface area contributed by atoms with Crippen molar-refractivity contribution in [3.8, 4) is 11.8 Å². The molecule has 6 N–H and O–H groups in total. The normalized spacial score (nSPS) is 12.5. The van der Waals surface area contributed by atoms with E-state index < -0.39 is 50.3 Å². The molecule has 21 nitrogen and oxygen atoms in total. The molecule has 320 valence electrons. The average molecular weight is 923 g/mol. The Kier molecular flexibility index (Phi) is 12.2. The van der Waals surface area contributed by atoms with Gasteiger partial charge in [-0.05, 0) is 92.2 Å². The van der Waals surface area contributed by atoms with Gasteiger partial charge in [-0.15, -0.1) is 10.2 Å². The van der Waals surface area contributed by atoms with Crippen molar-refractivity contribution in [3.63, 3.8) is 0 Å². The van der Waals surface area contributed by atoms with Crippen LogP contribution in [0.5, 0.6) is 5.75 Å². The number of aryl methyl sites for hydroxylation is 1. The second-order valence-corrected chi connectivity index (χ2v) is 18.6. The molecule has 1 aromatic heterocycles. The summed E-state index contributed by atoms with van der Waals surface area (Å²) in [7, 11) is -17.5. The summed E-state index contributed by atoms with van der Waals surface area (Å²) >= 11 is 0. The molecular weight excluding hydrogens is 893 g/mol. The molecule has 0 amide bonds. The first-order valence-electron chi connectivity index (χ1n) is 17.2.